The Kier molecular flexibility index (Phi) is 6.04. The third-order valence-electron chi connectivity index (χ3n) is 4.38. The Bertz CT molecular complexity index is 1180. The number of carbonyl (C=O) groups is 1. The molecule has 8 heteroatoms. The molecule has 0 aliphatic rings. The SMILES string of the molecule is O=C(NC(c1ccc(Cl)cc1)c1nc(-c2ccccc2)no1)c1ccc(Cl)c(Cl)c1. The third-order valence-corrected chi connectivity index (χ3v) is 5.37. The molecule has 150 valence electrons. The highest BCUT2D eigenvalue weighted by Gasteiger charge is 2.24. The Morgan fingerprint density at radius 2 is 1.63 bits per heavy atom. The first-order chi connectivity index (χ1) is 14.5. The van der Waals surface area contributed by atoms with Crippen LogP contribution in [0.5, 0.6) is 0 Å². The van der Waals surface area contributed by atoms with Gasteiger partial charge >= 0.3 is 0 Å². The zero-order valence-corrected chi connectivity index (χ0v) is 17.6. The molecule has 1 unspecified atom stereocenters. The van der Waals surface area contributed by atoms with Gasteiger partial charge in [0.1, 0.15) is 6.04 Å². The number of halogens is 3. The van der Waals surface area contributed by atoms with Crippen LogP contribution in [-0.2, 0) is 0 Å². The second-order valence-corrected chi connectivity index (χ2v) is 7.66. The van der Waals surface area contributed by atoms with Crippen molar-refractivity contribution in [2.24, 2.45) is 0 Å². The van der Waals surface area contributed by atoms with Crippen LogP contribution in [0.15, 0.2) is 77.3 Å². The van der Waals surface area contributed by atoms with Crippen molar-refractivity contribution < 1.29 is 9.32 Å². The highest BCUT2D eigenvalue weighted by Crippen LogP contribution is 2.27. The van der Waals surface area contributed by atoms with Gasteiger partial charge in [-0.2, -0.15) is 4.98 Å². The average molecular weight is 459 g/mol. The van der Waals surface area contributed by atoms with Gasteiger partial charge in [0.25, 0.3) is 11.8 Å². The summed E-state index contributed by atoms with van der Waals surface area (Å²) in [6.45, 7) is 0. The smallest absolute Gasteiger partial charge is 0.254 e. The van der Waals surface area contributed by atoms with Gasteiger partial charge in [0.15, 0.2) is 0 Å². The molecule has 4 aromatic rings. The van der Waals surface area contributed by atoms with E-state index in [1.165, 1.54) is 6.07 Å². The normalized spacial score (nSPS) is 11.8. The Morgan fingerprint density at radius 1 is 0.900 bits per heavy atom. The van der Waals surface area contributed by atoms with Crippen molar-refractivity contribution in [2.75, 3.05) is 0 Å². The summed E-state index contributed by atoms with van der Waals surface area (Å²) >= 11 is 18.0. The molecule has 0 aliphatic heterocycles. The summed E-state index contributed by atoms with van der Waals surface area (Å²) < 4.78 is 5.49. The molecule has 0 fully saturated rings. The van der Waals surface area contributed by atoms with Crippen LogP contribution in [0.3, 0.4) is 0 Å². The van der Waals surface area contributed by atoms with Crippen molar-refractivity contribution in [1.29, 1.82) is 0 Å². The van der Waals surface area contributed by atoms with Crippen molar-refractivity contribution in [3.8, 4) is 11.4 Å². The van der Waals surface area contributed by atoms with E-state index >= 15 is 0 Å². The first kappa shape index (κ1) is 20.4. The number of benzene rings is 3. The lowest BCUT2D eigenvalue weighted by Gasteiger charge is -2.16. The summed E-state index contributed by atoms with van der Waals surface area (Å²) in [6, 6.07) is 20.4. The van der Waals surface area contributed by atoms with E-state index in [1.54, 1.807) is 36.4 Å². The number of carbonyl (C=O) groups excluding carboxylic acids is 1. The van der Waals surface area contributed by atoms with Gasteiger partial charge in [-0.1, -0.05) is 82.4 Å². The molecule has 0 saturated carbocycles. The first-order valence-corrected chi connectivity index (χ1v) is 10.0. The largest absolute Gasteiger partial charge is 0.336 e. The number of hydrogen-bond acceptors (Lipinski definition) is 4. The van der Waals surface area contributed by atoms with Crippen molar-refractivity contribution >= 4 is 40.7 Å². The lowest BCUT2D eigenvalue weighted by molar-refractivity contribution is 0.0936. The molecule has 30 heavy (non-hydrogen) atoms. The molecule has 1 heterocycles. The van der Waals surface area contributed by atoms with Crippen LogP contribution < -0.4 is 5.32 Å². The van der Waals surface area contributed by atoms with E-state index < -0.39 is 6.04 Å². The molecule has 4 rings (SSSR count). The van der Waals surface area contributed by atoms with E-state index in [4.69, 9.17) is 39.3 Å². The van der Waals surface area contributed by atoms with Crippen molar-refractivity contribution in [3.05, 3.63) is 105 Å². The molecule has 1 N–H and O–H groups in total. The van der Waals surface area contributed by atoms with Gasteiger partial charge in [0, 0.05) is 16.1 Å². The third kappa shape index (κ3) is 4.49. The molecule has 3 aromatic carbocycles. The lowest BCUT2D eigenvalue weighted by Crippen LogP contribution is -2.29. The minimum Gasteiger partial charge on any atom is -0.336 e. The molecule has 0 radical (unpaired) electrons. The first-order valence-electron chi connectivity index (χ1n) is 8.91. The number of rotatable bonds is 5. The highest BCUT2D eigenvalue weighted by atomic mass is 35.5. The van der Waals surface area contributed by atoms with Gasteiger partial charge in [0.05, 0.1) is 10.0 Å². The molecule has 1 amide bonds. The topological polar surface area (TPSA) is 68.0 Å². The van der Waals surface area contributed by atoms with E-state index in [1.807, 2.05) is 30.3 Å². The molecule has 0 saturated heterocycles. The Hall–Kier alpha value is -2.86. The molecular formula is C22H14Cl3N3O2. The van der Waals surface area contributed by atoms with Gasteiger partial charge in [0.2, 0.25) is 5.82 Å². The highest BCUT2D eigenvalue weighted by molar-refractivity contribution is 6.42. The maximum absolute atomic E-state index is 12.9. The zero-order chi connectivity index (χ0) is 21.1. The molecule has 0 aliphatic carbocycles. The summed E-state index contributed by atoms with van der Waals surface area (Å²) in [5, 5.41) is 8.20. The van der Waals surface area contributed by atoms with Crippen LogP contribution in [0.1, 0.15) is 27.9 Å². The fourth-order valence-corrected chi connectivity index (χ4v) is 3.28. The number of amides is 1. The predicted molar refractivity (Wildman–Crippen MR) is 117 cm³/mol. The van der Waals surface area contributed by atoms with Crippen LogP contribution in [0, 0.1) is 0 Å². The van der Waals surface area contributed by atoms with Gasteiger partial charge in [-0.15, -0.1) is 0 Å². The average Bonchev–Trinajstić information content (AvgIpc) is 3.25. The van der Waals surface area contributed by atoms with E-state index in [0.29, 0.717) is 21.4 Å². The zero-order valence-electron chi connectivity index (χ0n) is 15.4. The van der Waals surface area contributed by atoms with Crippen LogP contribution in [0.25, 0.3) is 11.4 Å². The van der Waals surface area contributed by atoms with E-state index in [-0.39, 0.29) is 16.8 Å². The van der Waals surface area contributed by atoms with Crippen molar-refractivity contribution in [1.82, 2.24) is 15.5 Å². The van der Waals surface area contributed by atoms with E-state index in [2.05, 4.69) is 15.5 Å². The molecular weight excluding hydrogens is 445 g/mol. The minimum atomic E-state index is -0.686. The molecule has 0 spiro atoms. The summed E-state index contributed by atoms with van der Waals surface area (Å²) in [7, 11) is 0. The molecule has 1 atom stereocenters. The van der Waals surface area contributed by atoms with Gasteiger partial charge < -0.3 is 9.84 Å². The van der Waals surface area contributed by atoms with Gasteiger partial charge in [-0.25, -0.2) is 0 Å². The van der Waals surface area contributed by atoms with Gasteiger partial charge in [-0.05, 0) is 35.9 Å². The minimum absolute atomic E-state index is 0.240. The monoisotopic (exact) mass is 457 g/mol. The number of aromatic nitrogens is 2. The van der Waals surface area contributed by atoms with E-state index in [9.17, 15) is 4.79 Å². The quantitative estimate of drug-likeness (QED) is 0.386. The Balaban J connectivity index is 1.68. The maximum atomic E-state index is 12.9. The molecule has 1 aromatic heterocycles. The molecule has 0 bridgehead atoms. The second-order valence-electron chi connectivity index (χ2n) is 6.41. The van der Waals surface area contributed by atoms with Crippen molar-refractivity contribution in [3.63, 3.8) is 0 Å². The summed E-state index contributed by atoms with van der Waals surface area (Å²) in [5.41, 5.74) is 1.89. The second kappa shape index (κ2) is 8.88. The van der Waals surface area contributed by atoms with Crippen LogP contribution in [0.4, 0.5) is 0 Å². The summed E-state index contributed by atoms with van der Waals surface area (Å²) in [5.74, 6) is 0.297. The Morgan fingerprint density at radius 3 is 2.33 bits per heavy atom. The number of nitrogens with zero attached hydrogens (tertiary/aromatic N) is 2. The number of hydrogen-bond donors (Lipinski definition) is 1. The van der Waals surface area contributed by atoms with Crippen molar-refractivity contribution in [2.45, 2.75) is 6.04 Å². The van der Waals surface area contributed by atoms with Crippen LogP contribution in [-0.4, -0.2) is 16.0 Å². The standard InChI is InChI=1S/C22H14Cl3N3O2/c23-16-9-6-13(7-10-16)19(26-21(29)15-8-11-17(24)18(25)12-15)22-27-20(28-30-22)14-4-2-1-3-5-14/h1-12,19H,(H,26,29). The summed E-state index contributed by atoms with van der Waals surface area (Å²) in [4.78, 5) is 17.4. The fourth-order valence-electron chi connectivity index (χ4n) is 2.85. The lowest BCUT2D eigenvalue weighted by atomic mass is 10.1. The van der Waals surface area contributed by atoms with E-state index in [0.717, 1.165) is 11.1 Å². The van der Waals surface area contributed by atoms with Gasteiger partial charge in [-0.3, -0.25) is 4.79 Å². The van der Waals surface area contributed by atoms with Crippen LogP contribution in [0.2, 0.25) is 15.1 Å². The fraction of sp³-hybridized carbons (Fsp3) is 0.0455. The Labute approximate surface area is 187 Å². The predicted octanol–water partition coefficient (Wildman–Crippen LogP) is 6.22. The molecule has 5 nitrogen and oxygen atoms in total. The summed E-state index contributed by atoms with van der Waals surface area (Å²) in [6.07, 6.45) is 0. The van der Waals surface area contributed by atoms with Crippen LogP contribution >= 0.6 is 34.8 Å². The number of nitrogens with one attached hydrogen (secondary N) is 1. The maximum Gasteiger partial charge on any atom is 0.254 e.